The van der Waals surface area contributed by atoms with Crippen LogP contribution in [0.5, 0.6) is 5.75 Å². The number of aromatic hydroxyl groups is 1. The van der Waals surface area contributed by atoms with Crippen LogP contribution in [0.3, 0.4) is 0 Å². The lowest BCUT2D eigenvalue weighted by atomic mass is 9.94. The van der Waals surface area contributed by atoms with Crippen molar-refractivity contribution in [2.45, 2.75) is 26.8 Å². The van der Waals surface area contributed by atoms with E-state index in [1.807, 2.05) is 32.0 Å². The molecular formula is C20H19Cl2N3O2S. The molecule has 0 spiro atoms. The molecule has 0 bridgehead atoms. The van der Waals surface area contributed by atoms with Crippen molar-refractivity contribution < 1.29 is 9.90 Å². The molecular weight excluding hydrogens is 417 g/mol. The van der Waals surface area contributed by atoms with Gasteiger partial charge in [-0.15, -0.1) is 0 Å². The summed E-state index contributed by atoms with van der Waals surface area (Å²) in [5.74, 6) is -0.487. The maximum atomic E-state index is 13.1. The molecule has 1 aliphatic rings. The highest BCUT2D eigenvalue weighted by molar-refractivity contribution is 7.80. The SMILES string of the molecule is CC1=C(C(=O)Nc2ccc(C)c(C)c2)[C@@H](c2cc(Cl)c(O)c(Cl)c2)NC(=S)N1. The van der Waals surface area contributed by atoms with E-state index in [2.05, 4.69) is 16.0 Å². The van der Waals surface area contributed by atoms with E-state index < -0.39 is 6.04 Å². The first kappa shape index (κ1) is 20.5. The van der Waals surface area contributed by atoms with Crippen molar-refractivity contribution in [1.29, 1.82) is 0 Å². The molecule has 3 rings (SSSR count). The first-order valence-electron chi connectivity index (χ1n) is 8.52. The molecule has 1 heterocycles. The Balaban J connectivity index is 1.99. The van der Waals surface area contributed by atoms with E-state index in [1.54, 1.807) is 19.1 Å². The van der Waals surface area contributed by atoms with Crippen molar-refractivity contribution in [3.63, 3.8) is 0 Å². The summed E-state index contributed by atoms with van der Waals surface area (Å²) in [6, 6.07) is 8.27. The maximum absolute atomic E-state index is 13.1. The average molecular weight is 436 g/mol. The minimum absolute atomic E-state index is 0.0975. The van der Waals surface area contributed by atoms with Crippen LogP contribution in [0.2, 0.25) is 10.0 Å². The number of aryl methyl sites for hydroxylation is 2. The Morgan fingerprint density at radius 2 is 1.75 bits per heavy atom. The van der Waals surface area contributed by atoms with Gasteiger partial charge in [-0.1, -0.05) is 29.3 Å². The van der Waals surface area contributed by atoms with E-state index in [1.165, 1.54) is 0 Å². The Hall–Kier alpha value is -2.28. The van der Waals surface area contributed by atoms with Crippen molar-refractivity contribution in [3.8, 4) is 5.75 Å². The van der Waals surface area contributed by atoms with Gasteiger partial charge in [-0.25, -0.2) is 0 Å². The first-order chi connectivity index (χ1) is 13.2. The van der Waals surface area contributed by atoms with Crippen LogP contribution >= 0.6 is 35.4 Å². The number of hydrogen-bond acceptors (Lipinski definition) is 3. The molecule has 0 radical (unpaired) electrons. The zero-order chi connectivity index (χ0) is 20.6. The number of hydrogen-bond donors (Lipinski definition) is 4. The Morgan fingerprint density at radius 3 is 2.36 bits per heavy atom. The van der Waals surface area contributed by atoms with E-state index >= 15 is 0 Å². The summed E-state index contributed by atoms with van der Waals surface area (Å²) in [6.45, 7) is 5.78. The number of nitrogens with one attached hydrogen (secondary N) is 3. The third kappa shape index (κ3) is 4.09. The van der Waals surface area contributed by atoms with Crippen LogP contribution in [-0.2, 0) is 4.79 Å². The number of phenolic OH excluding ortho intramolecular Hbond substituents is 1. The third-order valence-electron chi connectivity index (χ3n) is 4.65. The van der Waals surface area contributed by atoms with E-state index in [9.17, 15) is 9.90 Å². The normalized spacial score (nSPS) is 16.5. The predicted octanol–water partition coefficient (Wildman–Crippen LogP) is 4.75. The molecule has 1 amide bonds. The van der Waals surface area contributed by atoms with Gasteiger partial charge in [0.15, 0.2) is 10.9 Å². The Kier molecular flexibility index (Phi) is 5.84. The number of carbonyl (C=O) groups excluding carboxylic acids is 1. The van der Waals surface area contributed by atoms with Crippen LogP contribution in [0.15, 0.2) is 41.6 Å². The van der Waals surface area contributed by atoms with Crippen molar-refractivity contribution in [2.75, 3.05) is 5.32 Å². The summed E-state index contributed by atoms with van der Waals surface area (Å²) in [7, 11) is 0. The van der Waals surface area contributed by atoms with Crippen LogP contribution in [0.25, 0.3) is 0 Å². The van der Waals surface area contributed by atoms with Crippen LogP contribution in [0.1, 0.15) is 29.7 Å². The van der Waals surface area contributed by atoms with Gasteiger partial charge >= 0.3 is 0 Å². The molecule has 28 heavy (non-hydrogen) atoms. The number of carbonyl (C=O) groups is 1. The lowest BCUT2D eigenvalue weighted by Crippen LogP contribution is -2.45. The number of benzene rings is 2. The summed E-state index contributed by atoms with van der Waals surface area (Å²) in [5.41, 5.74) is 4.60. The van der Waals surface area contributed by atoms with Gasteiger partial charge in [0.25, 0.3) is 5.91 Å². The summed E-state index contributed by atoms with van der Waals surface area (Å²) >= 11 is 17.4. The largest absolute Gasteiger partial charge is 0.505 e. The highest BCUT2D eigenvalue weighted by atomic mass is 35.5. The summed E-state index contributed by atoms with van der Waals surface area (Å²) in [6.07, 6.45) is 0. The van der Waals surface area contributed by atoms with Crippen LogP contribution in [0, 0.1) is 13.8 Å². The predicted molar refractivity (Wildman–Crippen MR) is 117 cm³/mol. The minimum atomic E-state index is -0.573. The van der Waals surface area contributed by atoms with Gasteiger partial charge in [-0.2, -0.15) is 0 Å². The summed E-state index contributed by atoms with van der Waals surface area (Å²) in [4.78, 5) is 13.1. The molecule has 0 aromatic heterocycles. The average Bonchev–Trinajstić information content (AvgIpc) is 2.61. The molecule has 0 saturated heterocycles. The number of amides is 1. The fraction of sp³-hybridized carbons (Fsp3) is 0.200. The molecule has 1 atom stereocenters. The van der Waals surface area contributed by atoms with Gasteiger partial charge in [0.2, 0.25) is 0 Å². The number of phenols is 1. The molecule has 2 aromatic rings. The van der Waals surface area contributed by atoms with E-state index in [0.717, 1.165) is 11.1 Å². The topological polar surface area (TPSA) is 73.4 Å². The molecule has 0 aliphatic carbocycles. The van der Waals surface area contributed by atoms with E-state index in [0.29, 0.717) is 27.6 Å². The fourth-order valence-corrected chi connectivity index (χ4v) is 3.79. The van der Waals surface area contributed by atoms with Gasteiger partial charge in [0.1, 0.15) is 0 Å². The van der Waals surface area contributed by atoms with Crippen LogP contribution < -0.4 is 16.0 Å². The van der Waals surface area contributed by atoms with Crippen LogP contribution in [0.4, 0.5) is 5.69 Å². The molecule has 4 N–H and O–H groups in total. The quantitative estimate of drug-likeness (QED) is 0.523. The molecule has 2 aromatic carbocycles. The van der Waals surface area contributed by atoms with Crippen LogP contribution in [-0.4, -0.2) is 16.1 Å². The maximum Gasteiger partial charge on any atom is 0.255 e. The zero-order valence-corrected chi connectivity index (χ0v) is 17.8. The number of rotatable bonds is 3. The highest BCUT2D eigenvalue weighted by Crippen LogP contribution is 2.37. The zero-order valence-electron chi connectivity index (χ0n) is 15.5. The molecule has 5 nitrogen and oxygen atoms in total. The van der Waals surface area contributed by atoms with Crippen molar-refractivity contribution in [2.24, 2.45) is 0 Å². The van der Waals surface area contributed by atoms with Gasteiger partial charge in [0, 0.05) is 11.4 Å². The van der Waals surface area contributed by atoms with Gasteiger partial charge in [-0.05, 0) is 73.9 Å². The Labute approximate surface area is 178 Å². The minimum Gasteiger partial charge on any atom is -0.505 e. The van der Waals surface area contributed by atoms with Crippen molar-refractivity contribution >= 4 is 52.1 Å². The van der Waals surface area contributed by atoms with E-state index in [4.69, 9.17) is 35.4 Å². The highest BCUT2D eigenvalue weighted by Gasteiger charge is 2.31. The monoisotopic (exact) mass is 435 g/mol. The fourth-order valence-electron chi connectivity index (χ4n) is 3.01. The summed E-state index contributed by atoms with van der Waals surface area (Å²) < 4.78 is 0. The Bertz CT molecular complexity index is 998. The lowest BCUT2D eigenvalue weighted by molar-refractivity contribution is -0.113. The molecule has 1 aliphatic heterocycles. The second-order valence-corrected chi connectivity index (χ2v) is 7.88. The third-order valence-corrected chi connectivity index (χ3v) is 5.45. The van der Waals surface area contributed by atoms with E-state index in [-0.39, 0.29) is 21.7 Å². The number of thiocarbonyl (C=S) groups is 1. The molecule has 8 heteroatoms. The molecule has 0 unspecified atom stereocenters. The second kappa shape index (κ2) is 7.99. The number of allylic oxidation sites excluding steroid dienone is 1. The lowest BCUT2D eigenvalue weighted by Gasteiger charge is -2.30. The van der Waals surface area contributed by atoms with Gasteiger partial charge < -0.3 is 21.1 Å². The van der Waals surface area contributed by atoms with Crippen molar-refractivity contribution in [3.05, 3.63) is 68.3 Å². The number of halogens is 2. The first-order valence-corrected chi connectivity index (χ1v) is 9.68. The smallest absolute Gasteiger partial charge is 0.255 e. The van der Waals surface area contributed by atoms with Gasteiger partial charge in [-0.3, -0.25) is 4.79 Å². The molecule has 146 valence electrons. The molecule has 0 saturated carbocycles. The van der Waals surface area contributed by atoms with Gasteiger partial charge in [0.05, 0.1) is 21.7 Å². The number of anilines is 1. The molecule has 0 fully saturated rings. The second-order valence-electron chi connectivity index (χ2n) is 6.66. The van der Waals surface area contributed by atoms with Crippen molar-refractivity contribution in [1.82, 2.24) is 10.6 Å². The Morgan fingerprint density at radius 1 is 1.11 bits per heavy atom. The summed E-state index contributed by atoms with van der Waals surface area (Å²) in [5, 5.41) is 19.4. The standard InChI is InChI=1S/C20H19Cl2N3O2S/c1-9-4-5-13(6-10(9)2)24-19(27)16-11(3)23-20(28)25-17(16)12-7-14(21)18(26)15(22)8-12/h4-8,17,26H,1-3H3,(H,24,27)(H2,23,25,28)/t17-/m1/s1.